The first-order valence-corrected chi connectivity index (χ1v) is 5.76. The fourth-order valence-corrected chi connectivity index (χ4v) is 1.80. The Morgan fingerprint density at radius 3 is 2.65 bits per heavy atom. The van der Waals surface area contributed by atoms with Gasteiger partial charge in [-0.05, 0) is 22.9 Å². The van der Waals surface area contributed by atoms with Crippen LogP contribution < -0.4 is 5.43 Å². The monoisotopic (exact) mass is 302 g/mol. The van der Waals surface area contributed by atoms with Gasteiger partial charge in [0.1, 0.15) is 0 Å². The van der Waals surface area contributed by atoms with E-state index in [1.807, 2.05) is 0 Å². The molecule has 0 fully saturated rings. The van der Waals surface area contributed by atoms with E-state index >= 15 is 0 Å². The Hall–Kier alpha value is -1.50. The van der Waals surface area contributed by atoms with Gasteiger partial charge in [0.15, 0.2) is 5.78 Å². The Kier molecular flexibility index (Phi) is 4.17. The SMILES string of the molecule is CCC(=O)C(C)n1cc(Br)c(=O)c([N+](=O)[O-])c1. The largest absolute Gasteiger partial charge is 0.337 e. The van der Waals surface area contributed by atoms with Crippen LogP contribution in [0.15, 0.2) is 21.7 Å². The Labute approximate surface area is 106 Å². The van der Waals surface area contributed by atoms with Crippen LogP contribution in [0.1, 0.15) is 26.3 Å². The fraction of sp³-hybridized carbons (Fsp3) is 0.400. The van der Waals surface area contributed by atoms with E-state index < -0.39 is 22.1 Å². The zero-order chi connectivity index (χ0) is 13.2. The second-order valence-corrected chi connectivity index (χ2v) is 4.38. The molecule has 1 unspecified atom stereocenters. The first-order valence-electron chi connectivity index (χ1n) is 4.96. The smallest absolute Gasteiger partial charge is 0.333 e. The van der Waals surface area contributed by atoms with Crippen LogP contribution in [-0.4, -0.2) is 15.3 Å². The number of Topliss-reactive ketones (excluding diaryl/α,β-unsaturated/α-hetero) is 1. The predicted octanol–water partition coefficient (Wildman–Crippen LogP) is 2.06. The average molecular weight is 303 g/mol. The van der Waals surface area contributed by atoms with Gasteiger partial charge in [0.25, 0.3) is 5.43 Å². The highest BCUT2D eigenvalue weighted by Gasteiger charge is 2.20. The van der Waals surface area contributed by atoms with Gasteiger partial charge < -0.3 is 4.57 Å². The number of nitro groups is 1. The molecular weight excluding hydrogens is 292 g/mol. The molecule has 0 bridgehead atoms. The van der Waals surface area contributed by atoms with Crippen LogP contribution in [-0.2, 0) is 4.79 Å². The third-order valence-electron chi connectivity index (χ3n) is 2.44. The molecule has 1 aromatic rings. The summed E-state index contributed by atoms with van der Waals surface area (Å²) in [4.78, 5) is 32.9. The predicted molar refractivity (Wildman–Crippen MR) is 65.1 cm³/mol. The standard InChI is InChI=1S/C10H11BrN2O4/c1-3-9(14)6(2)12-4-7(11)10(15)8(5-12)13(16)17/h4-6H,3H2,1-2H3. The molecule has 0 aliphatic rings. The Bertz CT molecular complexity index is 524. The molecule has 0 amide bonds. The van der Waals surface area contributed by atoms with E-state index in [0.29, 0.717) is 6.42 Å². The number of rotatable bonds is 4. The summed E-state index contributed by atoms with van der Waals surface area (Å²) >= 11 is 2.96. The van der Waals surface area contributed by atoms with Gasteiger partial charge in [0.05, 0.1) is 21.6 Å². The molecule has 1 rings (SSSR count). The zero-order valence-corrected chi connectivity index (χ0v) is 10.9. The summed E-state index contributed by atoms with van der Waals surface area (Å²) in [6.07, 6.45) is 2.80. The maximum atomic E-state index is 11.5. The van der Waals surface area contributed by atoms with Gasteiger partial charge in [0.2, 0.25) is 0 Å². The minimum atomic E-state index is -0.757. The number of halogens is 1. The lowest BCUT2D eigenvalue weighted by molar-refractivity contribution is -0.386. The van der Waals surface area contributed by atoms with Gasteiger partial charge in [-0.25, -0.2) is 0 Å². The van der Waals surface area contributed by atoms with Crippen LogP contribution in [0, 0.1) is 10.1 Å². The lowest BCUT2D eigenvalue weighted by atomic mass is 10.1. The lowest BCUT2D eigenvalue weighted by Gasteiger charge is -2.13. The first-order chi connectivity index (χ1) is 7.88. The summed E-state index contributed by atoms with van der Waals surface area (Å²) in [5.41, 5.74) is -1.24. The van der Waals surface area contributed by atoms with Gasteiger partial charge in [-0.15, -0.1) is 0 Å². The summed E-state index contributed by atoms with van der Waals surface area (Å²) in [5, 5.41) is 10.7. The van der Waals surface area contributed by atoms with E-state index in [2.05, 4.69) is 15.9 Å². The number of pyridine rings is 1. The van der Waals surface area contributed by atoms with Crippen molar-refractivity contribution in [3.8, 4) is 0 Å². The van der Waals surface area contributed by atoms with E-state index in [0.717, 1.165) is 6.20 Å². The van der Waals surface area contributed by atoms with Crippen LogP contribution >= 0.6 is 15.9 Å². The van der Waals surface area contributed by atoms with Crippen molar-refractivity contribution in [1.82, 2.24) is 4.57 Å². The summed E-state index contributed by atoms with van der Waals surface area (Å²) in [7, 11) is 0. The topological polar surface area (TPSA) is 82.2 Å². The third kappa shape index (κ3) is 2.79. The maximum absolute atomic E-state index is 11.5. The van der Waals surface area contributed by atoms with Gasteiger partial charge >= 0.3 is 5.69 Å². The second kappa shape index (κ2) is 5.22. The average Bonchev–Trinajstić information content (AvgIpc) is 2.30. The van der Waals surface area contributed by atoms with E-state index in [-0.39, 0.29) is 10.3 Å². The number of aromatic nitrogens is 1. The number of hydrogen-bond donors (Lipinski definition) is 0. The van der Waals surface area contributed by atoms with Crippen LogP contribution in [0.4, 0.5) is 5.69 Å². The molecule has 0 aromatic carbocycles. The Morgan fingerprint density at radius 1 is 1.59 bits per heavy atom. The molecule has 0 N–H and O–H groups in total. The van der Waals surface area contributed by atoms with Crippen molar-refractivity contribution >= 4 is 27.4 Å². The molecule has 0 saturated carbocycles. The van der Waals surface area contributed by atoms with Crippen LogP contribution in [0.3, 0.4) is 0 Å². The van der Waals surface area contributed by atoms with Gasteiger partial charge in [0, 0.05) is 12.6 Å². The molecule has 0 radical (unpaired) electrons. The number of ketones is 1. The second-order valence-electron chi connectivity index (χ2n) is 3.52. The molecular formula is C10H11BrN2O4. The molecule has 1 atom stereocenters. The Balaban J connectivity index is 3.33. The van der Waals surface area contributed by atoms with Gasteiger partial charge in [-0.2, -0.15) is 0 Å². The molecule has 7 heteroatoms. The molecule has 0 aliphatic carbocycles. The van der Waals surface area contributed by atoms with E-state index in [1.165, 1.54) is 10.8 Å². The number of hydrogen-bond acceptors (Lipinski definition) is 4. The molecule has 0 aliphatic heterocycles. The van der Waals surface area contributed by atoms with E-state index in [4.69, 9.17) is 0 Å². The highest BCUT2D eigenvalue weighted by Crippen LogP contribution is 2.16. The minimum Gasteiger partial charge on any atom is -0.337 e. The Morgan fingerprint density at radius 2 is 2.18 bits per heavy atom. The normalized spacial score (nSPS) is 12.2. The molecule has 6 nitrogen and oxygen atoms in total. The molecule has 0 saturated heterocycles. The van der Waals surface area contributed by atoms with Crippen molar-refractivity contribution in [1.29, 1.82) is 0 Å². The number of nitrogens with zero attached hydrogens (tertiary/aromatic N) is 2. The van der Waals surface area contributed by atoms with Crippen molar-refractivity contribution in [3.63, 3.8) is 0 Å². The molecule has 17 heavy (non-hydrogen) atoms. The summed E-state index contributed by atoms with van der Waals surface area (Å²) < 4.78 is 1.44. The molecule has 1 aromatic heterocycles. The van der Waals surface area contributed by atoms with Crippen molar-refractivity contribution in [2.24, 2.45) is 0 Å². The molecule has 0 spiro atoms. The van der Waals surface area contributed by atoms with Crippen molar-refractivity contribution in [3.05, 3.63) is 37.2 Å². The van der Waals surface area contributed by atoms with Crippen LogP contribution in [0.2, 0.25) is 0 Å². The summed E-state index contributed by atoms with van der Waals surface area (Å²) in [6.45, 7) is 3.34. The zero-order valence-electron chi connectivity index (χ0n) is 9.34. The summed E-state index contributed by atoms with van der Waals surface area (Å²) in [6, 6.07) is -0.532. The van der Waals surface area contributed by atoms with Crippen LogP contribution in [0.25, 0.3) is 0 Å². The minimum absolute atomic E-state index is 0.0603. The highest BCUT2D eigenvalue weighted by molar-refractivity contribution is 9.10. The molecule has 92 valence electrons. The maximum Gasteiger partial charge on any atom is 0.333 e. The summed E-state index contributed by atoms with van der Waals surface area (Å²) in [5.74, 6) is -0.0603. The highest BCUT2D eigenvalue weighted by atomic mass is 79.9. The lowest BCUT2D eigenvalue weighted by Crippen LogP contribution is -2.19. The van der Waals surface area contributed by atoms with Gasteiger partial charge in [-0.1, -0.05) is 6.92 Å². The van der Waals surface area contributed by atoms with Crippen LogP contribution in [0.5, 0.6) is 0 Å². The van der Waals surface area contributed by atoms with E-state index in [1.54, 1.807) is 13.8 Å². The van der Waals surface area contributed by atoms with Crippen molar-refractivity contribution in [2.75, 3.05) is 0 Å². The van der Waals surface area contributed by atoms with E-state index in [9.17, 15) is 19.7 Å². The van der Waals surface area contributed by atoms with Gasteiger partial charge in [-0.3, -0.25) is 19.7 Å². The first kappa shape index (κ1) is 13.6. The number of carbonyl (C=O) groups excluding carboxylic acids is 1. The molecule has 1 heterocycles. The van der Waals surface area contributed by atoms with Crippen molar-refractivity contribution < 1.29 is 9.72 Å². The third-order valence-corrected chi connectivity index (χ3v) is 3.01. The number of carbonyl (C=O) groups is 1. The quantitative estimate of drug-likeness (QED) is 0.629. The van der Waals surface area contributed by atoms with Crippen molar-refractivity contribution in [2.45, 2.75) is 26.3 Å². The fourth-order valence-electron chi connectivity index (χ4n) is 1.36.